The molecular weight excluding hydrogens is 199 g/mol. The topological polar surface area (TPSA) is 57.5 Å². The summed E-state index contributed by atoms with van der Waals surface area (Å²) in [4.78, 5) is 18.6. The summed E-state index contributed by atoms with van der Waals surface area (Å²) in [6, 6.07) is 0. The van der Waals surface area contributed by atoms with Gasteiger partial charge in [0.2, 0.25) is 0 Å². The van der Waals surface area contributed by atoms with Crippen molar-refractivity contribution < 1.29 is 14.8 Å². The molecule has 4 atom stereocenters. The predicted molar refractivity (Wildman–Crippen MR) is 57.6 cm³/mol. The largest absolute Gasteiger partial charge is 0.385 e. The summed E-state index contributed by atoms with van der Waals surface area (Å²) >= 11 is 0. The Hall–Kier alpha value is 0.0200. The molecular formula is C10H19O3P. The van der Waals surface area contributed by atoms with E-state index in [9.17, 15) is 9.90 Å². The number of carbonyl (C=O) groups is 1. The standard InChI is InChI=1S/C10H16O2.H3OP/c1-9(2)6-4-5-10(9,3)8(12)7(6)11;1-2/h6-7,11H,4-5H2,1-3H3;1H,2H2. The molecule has 2 fully saturated rings. The summed E-state index contributed by atoms with van der Waals surface area (Å²) in [5.41, 5.74) is -0.249. The zero-order valence-electron chi connectivity index (χ0n) is 8.95. The molecule has 4 heteroatoms. The van der Waals surface area contributed by atoms with Crippen molar-refractivity contribution in [1.82, 2.24) is 0 Å². The van der Waals surface area contributed by atoms with E-state index in [0.717, 1.165) is 12.8 Å². The van der Waals surface area contributed by atoms with E-state index >= 15 is 0 Å². The highest BCUT2D eigenvalue weighted by atomic mass is 31.0. The Bertz CT molecular complexity index is 252. The fraction of sp³-hybridized carbons (Fsp3) is 0.900. The van der Waals surface area contributed by atoms with E-state index in [4.69, 9.17) is 4.89 Å². The fourth-order valence-corrected chi connectivity index (χ4v) is 3.04. The van der Waals surface area contributed by atoms with E-state index in [1.165, 1.54) is 9.47 Å². The molecule has 14 heavy (non-hydrogen) atoms. The Morgan fingerprint density at radius 1 is 1.36 bits per heavy atom. The first-order chi connectivity index (χ1) is 6.41. The molecule has 2 aliphatic carbocycles. The van der Waals surface area contributed by atoms with Crippen molar-refractivity contribution in [3.63, 3.8) is 0 Å². The number of Topliss-reactive ketones (excluding diaryl/α,β-unsaturated/α-hetero) is 1. The molecule has 0 aromatic carbocycles. The van der Waals surface area contributed by atoms with Gasteiger partial charge in [-0.05, 0) is 33.6 Å². The minimum atomic E-state index is -0.682. The molecule has 2 saturated carbocycles. The van der Waals surface area contributed by atoms with Crippen LogP contribution in [0.3, 0.4) is 0 Å². The van der Waals surface area contributed by atoms with Gasteiger partial charge in [0.05, 0.1) is 0 Å². The van der Waals surface area contributed by atoms with Crippen LogP contribution in [0.4, 0.5) is 0 Å². The number of aliphatic hydroxyl groups is 1. The third kappa shape index (κ3) is 1.19. The fourth-order valence-electron chi connectivity index (χ4n) is 3.04. The van der Waals surface area contributed by atoms with Crippen molar-refractivity contribution in [3.05, 3.63) is 0 Å². The molecule has 82 valence electrons. The number of ketones is 1. The van der Waals surface area contributed by atoms with E-state index in [1.807, 2.05) is 6.92 Å². The molecule has 3 nitrogen and oxygen atoms in total. The van der Waals surface area contributed by atoms with Gasteiger partial charge in [-0.3, -0.25) is 4.79 Å². The Balaban J connectivity index is 0.000000461. The lowest BCUT2D eigenvalue weighted by molar-refractivity contribution is -0.135. The molecule has 2 rings (SSSR count). The minimum Gasteiger partial charge on any atom is -0.385 e. The second-order valence-electron chi connectivity index (χ2n) is 5.01. The van der Waals surface area contributed by atoms with Gasteiger partial charge < -0.3 is 10.00 Å². The normalized spacial score (nSPS) is 43.4. The molecule has 0 saturated heterocycles. The van der Waals surface area contributed by atoms with Crippen molar-refractivity contribution in [3.8, 4) is 0 Å². The summed E-state index contributed by atoms with van der Waals surface area (Å²) in [6.45, 7) is 6.23. The average molecular weight is 218 g/mol. The van der Waals surface area contributed by atoms with Gasteiger partial charge in [0.15, 0.2) is 5.78 Å². The summed E-state index contributed by atoms with van der Waals surface area (Å²) in [7, 11) is 1.42. The van der Waals surface area contributed by atoms with Gasteiger partial charge in [0.1, 0.15) is 6.10 Å². The van der Waals surface area contributed by atoms with Gasteiger partial charge >= 0.3 is 0 Å². The molecule has 2 aliphatic rings. The maximum Gasteiger partial charge on any atom is 0.167 e. The first-order valence-corrected chi connectivity index (χ1v) is 5.41. The van der Waals surface area contributed by atoms with Crippen LogP contribution in [0.15, 0.2) is 0 Å². The Morgan fingerprint density at radius 2 is 1.86 bits per heavy atom. The number of aliphatic hydroxyl groups excluding tert-OH is 1. The van der Waals surface area contributed by atoms with Gasteiger partial charge in [-0.2, -0.15) is 0 Å². The Morgan fingerprint density at radius 3 is 2.07 bits per heavy atom. The number of fused-ring (bicyclic) bond motifs is 2. The highest BCUT2D eigenvalue weighted by Crippen LogP contribution is 2.63. The van der Waals surface area contributed by atoms with Crippen LogP contribution in [0.2, 0.25) is 0 Å². The van der Waals surface area contributed by atoms with Crippen LogP contribution in [-0.2, 0) is 4.79 Å². The molecule has 4 unspecified atom stereocenters. The maximum absolute atomic E-state index is 11.7. The molecule has 0 heterocycles. The predicted octanol–water partition coefficient (Wildman–Crippen LogP) is 1.14. The minimum absolute atomic E-state index is 0.00347. The summed E-state index contributed by atoms with van der Waals surface area (Å²) < 4.78 is 0. The second-order valence-corrected chi connectivity index (χ2v) is 5.01. The zero-order chi connectivity index (χ0) is 11.1. The van der Waals surface area contributed by atoms with Gasteiger partial charge in [0, 0.05) is 5.41 Å². The van der Waals surface area contributed by atoms with Crippen molar-refractivity contribution >= 4 is 15.2 Å². The SMILES string of the molecule is CC12CCC(C(O)C1=O)C2(C)C.OP. The highest BCUT2D eigenvalue weighted by Gasteiger charge is 2.65. The average Bonchev–Trinajstić information content (AvgIpc) is 2.45. The van der Waals surface area contributed by atoms with Crippen LogP contribution in [-0.4, -0.2) is 21.9 Å². The van der Waals surface area contributed by atoms with Gasteiger partial charge in [0.25, 0.3) is 0 Å². The van der Waals surface area contributed by atoms with E-state index in [-0.39, 0.29) is 22.5 Å². The van der Waals surface area contributed by atoms with Crippen molar-refractivity contribution in [2.24, 2.45) is 16.7 Å². The third-order valence-corrected chi connectivity index (χ3v) is 4.50. The van der Waals surface area contributed by atoms with Crippen LogP contribution in [0.5, 0.6) is 0 Å². The summed E-state index contributed by atoms with van der Waals surface area (Å²) in [6.07, 6.45) is 1.29. The van der Waals surface area contributed by atoms with Crippen LogP contribution < -0.4 is 0 Å². The van der Waals surface area contributed by atoms with Crippen LogP contribution in [0, 0.1) is 16.7 Å². The number of rotatable bonds is 0. The lowest BCUT2D eigenvalue weighted by Gasteiger charge is -2.31. The Kier molecular flexibility index (Phi) is 3.07. The highest BCUT2D eigenvalue weighted by molar-refractivity contribution is 7.08. The molecule has 0 spiro atoms. The summed E-state index contributed by atoms with van der Waals surface area (Å²) in [5.74, 6) is 0.277. The molecule has 0 amide bonds. The van der Waals surface area contributed by atoms with Crippen molar-refractivity contribution in [1.29, 1.82) is 0 Å². The first kappa shape index (κ1) is 12.1. The van der Waals surface area contributed by atoms with Crippen LogP contribution in [0.1, 0.15) is 33.6 Å². The van der Waals surface area contributed by atoms with Crippen LogP contribution in [0.25, 0.3) is 0 Å². The molecule has 0 aromatic rings. The smallest absolute Gasteiger partial charge is 0.167 e. The zero-order valence-corrected chi connectivity index (χ0v) is 10.1. The van der Waals surface area contributed by atoms with E-state index in [2.05, 4.69) is 13.8 Å². The first-order valence-electron chi connectivity index (χ1n) is 4.89. The van der Waals surface area contributed by atoms with Crippen LogP contribution >= 0.6 is 9.47 Å². The number of hydrogen-bond donors (Lipinski definition) is 2. The molecule has 0 aliphatic heterocycles. The number of carbonyl (C=O) groups excluding carboxylic acids is 1. The number of hydrogen-bond acceptors (Lipinski definition) is 3. The Labute approximate surface area is 87.2 Å². The third-order valence-electron chi connectivity index (χ3n) is 4.50. The molecule has 2 bridgehead atoms. The van der Waals surface area contributed by atoms with E-state index < -0.39 is 6.10 Å². The quantitative estimate of drug-likeness (QED) is 0.599. The van der Waals surface area contributed by atoms with Gasteiger partial charge in [-0.1, -0.05) is 20.8 Å². The van der Waals surface area contributed by atoms with Crippen molar-refractivity contribution in [2.45, 2.75) is 39.7 Å². The van der Waals surface area contributed by atoms with Crippen molar-refractivity contribution in [2.75, 3.05) is 0 Å². The molecule has 0 radical (unpaired) electrons. The molecule has 2 N–H and O–H groups in total. The second kappa shape index (κ2) is 3.55. The maximum atomic E-state index is 11.7. The van der Waals surface area contributed by atoms with Gasteiger partial charge in [-0.15, -0.1) is 0 Å². The lowest BCUT2D eigenvalue weighted by Crippen LogP contribution is -2.34. The van der Waals surface area contributed by atoms with E-state index in [0.29, 0.717) is 0 Å². The molecule has 0 aromatic heterocycles. The monoisotopic (exact) mass is 218 g/mol. The summed E-state index contributed by atoms with van der Waals surface area (Å²) in [5, 5.41) is 9.64. The van der Waals surface area contributed by atoms with Gasteiger partial charge in [-0.25, -0.2) is 0 Å². The lowest BCUT2D eigenvalue weighted by atomic mass is 9.70. The van der Waals surface area contributed by atoms with E-state index in [1.54, 1.807) is 0 Å².